The number of hydrogen-bond donors (Lipinski definition) is 1. The molecule has 1 nitrogen and oxygen atoms in total. The zero-order valence-electron chi connectivity index (χ0n) is 9.97. The Labute approximate surface area is 89.8 Å². The second-order valence-electron chi connectivity index (χ2n) is 4.20. The Balaban J connectivity index is 3.08. The minimum atomic E-state index is 0.818. The molecule has 0 fully saturated rings. The van der Waals surface area contributed by atoms with Crippen molar-refractivity contribution in [2.75, 3.05) is 6.54 Å². The number of unbranched alkanes of at least 4 members (excludes halogenated alkanes) is 3. The van der Waals surface area contributed by atoms with Crippen LogP contribution in [0.2, 0.25) is 0 Å². The maximum absolute atomic E-state index is 5.41. The summed E-state index contributed by atoms with van der Waals surface area (Å²) in [4.78, 5) is 0. The molecule has 0 aliphatic carbocycles. The van der Waals surface area contributed by atoms with Gasteiger partial charge in [-0.1, -0.05) is 45.3 Å². The Hall–Kier alpha value is -0.300. The molecule has 1 atom stereocenters. The van der Waals surface area contributed by atoms with Gasteiger partial charge in [0.15, 0.2) is 0 Å². The van der Waals surface area contributed by atoms with Crippen LogP contribution in [0.1, 0.15) is 58.8 Å². The summed E-state index contributed by atoms with van der Waals surface area (Å²) in [6, 6.07) is 0. The predicted molar refractivity (Wildman–Crippen MR) is 65.4 cm³/mol. The van der Waals surface area contributed by atoms with Gasteiger partial charge in [0, 0.05) is 0 Å². The molecule has 0 aromatic carbocycles. The van der Waals surface area contributed by atoms with Gasteiger partial charge < -0.3 is 5.73 Å². The van der Waals surface area contributed by atoms with E-state index >= 15 is 0 Å². The zero-order valence-corrected chi connectivity index (χ0v) is 9.97. The summed E-state index contributed by atoms with van der Waals surface area (Å²) in [5.41, 5.74) is 5.41. The van der Waals surface area contributed by atoms with Crippen LogP contribution >= 0.6 is 0 Å². The largest absolute Gasteiger partial charge is 0.330 e. The van der Waals surface area contributed by atoms with Crippen LogP contribution in [0.15, 0.2) is 12.2 Å². The quantitative estimate of drug-likeness (QED) is 0.440. The lowest BCUT2D eigenvalue weighted by atomic mass is 10.0. The van der Waals surface area contributed by atoms with E-state index in [1.54, 1.807) is 0 Å². The van der Waals surface area contributed by atoms with E-state index in [1.807, 2.05) is 0 Å². The molecule has 0 radical (unpaired) electrons. The molecule has 0 spiro atoms. The van der Waals surface area contributed by atoms with Crippen LogP contribution in [-0.4, -0.2) is 6.54 Å². The highest BCUT2D eigenvalue weighted by Gasteiger charge is 1.96. The van der Waals surface area contributed by atoms with Crippen LogP contribution in [0, 0.1) is 5.92 Å². The van der Waals surface area contributed by atoms with Crippen LogP contribution in [0.25, 0.3) is 0 Å². The zero-order chi connectivity index (χ0) is 10.6. The molecular formula is C13H27N. The van der Waals surface area contributed by atoms with Gasteiger partial charge in [-0.3, -0.25) is 0 Å². The molecule has 1 unspecified atom stereocenters. The molecule has 0 aliphatic heterocycles. The number of allylic oxidation sites excluding steroid dienone is 2. The van der Waals surface area contributed by atoms with Crippen molar-refractivity contribution in [3.8, 4) is 0 Å². The molecule has 0 aromatic heterocycles. The summed E-state index contributed by atoms with van der Waals surface area (Å²) in [6.45, 7) is 5.44. The SMILES string of the molecule is CCC(C)CCCC/C=C/CCCN. The number of hydrogen-bond acceptors (Lipinski definition) is 1. The van der Waals surface area contributed by atoms with Gasteiger partial charge in [0.25, 0.3) is 0 Å². The highest BCUT2D eigenvalue weighted by Crippen LogP contribution is 2.12. The van der Waals surface area contributed by atoms with Gasteiger partial charge in [-0.2, -0.15) is 0 Å². The van der Waals surface area contributed by atoms with Crippen LogP contribution in [-0.2, 0) is 0 Å². The van der Waals surface area contributed by atoms with Crippen molar-refractivity contribution < 1.29 is 0 Å². The lowest BCUT2D eigenvalue weighted by Crippen LogP contribution is -1.96. The molecule has 0 amide bonds. The van der Waals surface area contributed by atoms with Crippen molar-refractivity contribution in [3.05, 3.63) is 12.2 Å². The molecule has 84 valence electrons. The highest BCUT2D eigenvalue weighted by molar-refractivity contribution is 4.81. The van der Waals surface area contributed by atoms with Crippen molar-refractivity contribution in [1.82, 2.24) is 0 Å². The second kappa shape index (κ2) is 10.8. The van der Waals surface area contributed by atoms with E-state index in [4.69, 9.17) is 5.73 Å². The average molecular weight is 197 g/mol. The molecule has 0 bridgehead atoms. The van der Waals surface area contributed by atoms with Gasteiger partial charge in [-0.15, -0.1) is 0 Å². The molecule has 0 aliphatic rings. The minimum Gasteiger partial charge on any atom is -0.330 e. The van der Waals surface area contributed by atoms with Crippen molar-refractivity contribution in [2.45, 2.75) is 58.8 Å². The van der Waals surface area contributed by atoms with E-state index in [1.165, 1.54) is 32.1 Å². The van der Waals surface area contributed by atoms with E-state index in [0.29, 0.717) is 0 Å². The van der Waals surface area contributed by atoms with Crippen LogP contribution in [0.4, 0.5) is 0 Å². The summed E-state index contributed by atoms with van der Waals surface area (Å²) in [5, 5.41) is 0. The molecule has 0 heterocycles. The van der Waals surface area contributed by atoms with Gasteiger partial charge in [0.05, 0.1) is 0 Å². The second-order valence-corrected chi connectivity index (χ2v) is 4.20. The molecule has 14 heavy (non-hydrogen) atoms. The van der Waals surface area contributed by atoms with Gasteiger partial charge in [0.1, 0.15) is 0 Å². The smallest absolute Gasteiger partial charge is 0.00743 e. The average Bonchev–Trinajstić information content (AvgIpc) is 2.21. The van der Waals surface area contributed by atoms with Crippen molar-refractivity contribution >= 4 is 0 Å². The Kier molecular flexibility index (Phi) is 10.5. The number of rotatable bonds is 9. The first-order valence-electron chi connectivity index (χ1n) is 6.16. The van der Waals surface area contributed by atoms with Crippen molar-refractivity contribution in [1.29, 1.82) is 0 Å². The highest BCUT2D eigenvalue weighted by atomic mass is 14.5. The third-order valence-corrected chi connectivity index (χ3v) is 2.76. The van der Waals surface area contributed by atoms with E-state index in [9.17, 15) is 0 Å². The molecule has 0 saturated heterocycles. The first kappa shape index (κ1) is 13.7. The van der Waals surface area contributed by atoms with E-state index in [-0.39, 0.29) is 0 Å². The number of nitrogens with two attached hydrogens (primary N) is 1. The lowest BCUT2D eigenvalue weighted by Gasteiger charge is -2.05. The summed E-state index contributed by atoms with van der Waals surface area (Å²) >= 11 is 0. The van der Waals surface area contributed by atoms with Crippen molar-refractivity contribution in [2.24, 2.45) is 11.7 Å². The Morgan fingerprint density at radius 2 is 1.71 bits per heavy atom. The molecule has 0 saturated carbocycles. The monoisotopic (exact) mass is 197 g/mol. The third kappa shape index (κ3) is 9.79. The maximum atomic E-state index is 5.41. The van der Waals surface area contributed by atoms with Crippen LogP contribution in [0.5, 0.6) is 0 Å². The van der Waals surface area contributed by atoms with Gasteiger partial charge in [0.2, 0.25) is 0 Å². The maximum Gasteiger partial charge on any atom is -0.00743 e. The topological polar surface area (TPSA) is 26.0 Å². The van der Waals surface area contributed by atoms with Gasteiger partial charge in [-0.05, 0) is 38.1 Å². The Bertz CT molecular complexity index is 129. The minimum absolute atomic E-state index is 0.818. The van der Waals surface area contributed by atoms with Gasteiger partial charge in [-0.25, -0.2) is 0 Å². The summed E-state index contributed by atoms with van der Waals surface area (Å²) < 4.78 is 0. The standard InChI is InChI=1S/C13H27N/c1-3-13(2)11-9-7-5-4-6-8-10-12-14/h4,6,13H,3,5,7-12,14H2,1-2H3/b6-4+. The molecule has 0 aromatic rings. The van der Waals surface area contributed by atoms with E-state index < -0.39 is 0 Å². The Morgan fingerprint density at radius 1 is 1.07 bits per heavy atom. The molecule has 0 rings (SSSR count). The van der Waals surface area contributed by atoms with E-state index in [2.05, 4.69) is 26.0 Å². The van der Waals surface area contributed by atoms with Crippen LogP contribution in [0.3, 0.4) is 0 Å². The molecule has 2 N–H and O–H groups in total. The fraction of sp³-hybridized carbons (Fsp3) is 0.846. The first-order chi connectivity index (χ1) is 6.81. The molecular weight excluding hydrogens is 170 g/mol. The normalized spacial score (nSPS) is 13.6. The van der Waals surface area contributed by atoms with Gasteiger partial charge >= 0.3 is 0 Å². The van der Waals surface area contributed by atoms with Crippen molar-refractivity contribution in [3.63, 3.8) is 0 Å². The lowest BCUT2D eigenvalue weighted by molar-refractivity contribution is 0.486. The molecule has 1 heteroatoms. The van der Waals surface area contributed by atoms with E-state index in [0.717, 1.165) is 25.3 Å². The fourth-order valence-corrected chi connectivity index (χ4v) is 1.43. The first-order valence-corrected chi connectivity index (χ1v) is 6.16. The fourth-order valence-electron chi connectivity index (χ4n) is 1.43. The summed E-state index contributed by atoms with van der Waals surface area (Å²) in [7, 11) is 0. The van der Waals surface area contributed by atoms with Crippen LogP contribution < -0.4 is 5.73 Å². The predicted octanol–water partition coefficient (Wildman–Crippen LogP) is 3.89. The summed E-state index contributed by atoms with van der Waals surface area (Å²) in [5.74, 6) is 0.913. The third-order valence-electron chi connectivity index (χ3n) is 2.76. The Morgan fingerprint density at radius 3 is 2.29 bits per heavy atom. The summed E-state index contributed by atoms with van der Waals surface area (Å²) in [6.07, 6.45) is 13.6.